The second-order valence-electron chi connectivity index (χ2n) is 3.70. The van der Waals surface area contributed by atoms with Gasteiger partial charge in [-0.1, -0.05) is 13.3 Å². The number of hydrogen-bond acceptors (Lipinski definition) is 1. The van der Waals surface area contributed by atoms with Gasteiger partial charge in [-0.25, -0.2) is 0 Å². The second-order valence-corrected chi connectivity index (χ2v) is 3.70. The first-order chi connectivity index (χ1) is 4.92. The Morgan fingerprint density at radius 2 is 2.20 bits per heavy atom. The average molecular weight is 139 g/mol. The summed E-state index contributed by atoms with van der Waals surface area (Å²) >= 11 is 0. The Hall–Kier alpha value is -0.0400. The summed E-state index contributed by atoms with van der Waals surface area (Å²) in [6.07, 6.45) is 5.82. The predicted octanol–water partition coefficient (Wildman–Crippen LogP) is 1.88. The van der Waals surface area contributed by atoms with Crippen molar-refractivity contribution in [2.24, 2.45) is 5.92 Å². The highest BCUT2D eigenvalue weighted by Gasteiger charge is 2.35. The maximum atomic E-state index is 2.69. The van der Waals surface area contributed by atoms with Gasteiger partial charge in [0, 0.05) is 6.04 Å². The van der Waals surface area contributed by atoms with Crippen molar-refractivity contribution in [3.63, 3.8) is 0 Å². The summed E-state index contributed by atoms with van der Waals surface area (Å²) in [6, 6.07) is 0.991. The molecule has 58 valence electrons. The van der Waals surface area contributed by atoms with E-state index in [2.05, 4.69) is 11.8 Å². The molecule has 0 radical (unpaired) electrons. The van der Waals surface area contributed by atoms with Gasteiger partial charge in [-0.05, 0) is 38.3 Å². The molecule has 2 unspecified atom stereocenters. The summed E-state index contributed by atoms with van der Waals surface area (Å²) in [5, 5.41) is 0. The number of hydrogen-bond donors (Lipinski definition) is 0. The Labute approximate surface area is 63.4 Å². The van der Waals surface area contributed by atoms with Gasteiger partial charge in [0.05, 0.1) is 0 Å². The van der Waals surface area contributed by atoms with E-state index in [0.717, 1.165) is 12.0 Å². The van der Waals surface area contributed by atoms with Crippen molar-refractivity contribution in [2.45, 2.75) is 38.6 Å². The zero-order valence-electron chi connectivity index (χ0n) is 6.84. The number of rotatable bonds is 1. The molecule has 0 aliphatic carbocycles. The SMILES string of the molecule is CCC1CCN2CCCC12. The summed E-state index contributed by atoms with van der Waals surface area (Å²) in [5.41, 5.74) is 0. The van der Waals surface area contributed by atoms with Crippen LogP contribution >= 0.6 is 0 Å². The van der Waals surface area contributed by atoms with Crippen LogP contribution in [-0.2, 0) is 0 Å². The quantitative estimate of drug-likeness (QED) is 0.536. The van der Waals surface area contributed by atoms with Crippen LogP contribution in [0.2, 0.25) is 0 Å². The van der Waals surface area contributed by atoms with Gasteiger partial charge >= 0.3 is 0 Å². The van der Waals surface area contributed by atoms with E-state index in [9.17, 15) is 0 Å². The van der Waals surface area contributed by atoms with Gasteiger partial charge in [0.1, 0.15) is 0 Å². The van der Waals surface area contributed by atoms with E-state index in [4.69, 9.17) is 0 Å². The lowest BCUT2D eigenvalue weighted by molar-refractivity contribution is 0.287. The second kappa shape index (κ2) is 2.54. The number of nitrogens with zero attached hydrogens (tertiary/aromatic N) is 1. The molecule has 0 N–H and O–H groups in total. The molecule has 2 rings (SSSR count). The monoisotopic (exact) mass is 139 g/mol. The molecular formula is C9H17N. The van der Waals surface area contributed by atoms with Crippen molar-refractivity contribution in [3.05, 3.63) is 0 Å². The largest absolute Gasteiger partial charge is 0.300 e. The van der Waals surface area contributed by atoms with E-state index in [-0.39, 0.29) is 0 Å². The summed E-state index contributed by atoms with van der Waals surface area (Å²) in [5.74, 6) is 1.04. The molecule has 2 atom stereocenters. The van der Waals surface area contributed by atoms with Crippen molar-refractivity contribution >= 4 is 0 Å². The maximum Gasteiger partial charge on any atom is 0.0124 e. The Kier molecular flexibility index (Phi) is 1.69. The predicted molar refractivity (Wildman–Crippen MR) is 43.0 cm³/mol. The minimum absolute atomic E-state index is 0.991. The molecule has 2 heterocycles. The van der Waals surface area contributed by atoms with Crippen LogP contribution < -0.4 is 0 Å². The highest BCUT2D eigenvalue weighted by molar-refractivity contribution is 4.90. The first-order valence-electron chi connectivity index (χ1n) is 4.66. The Morgan fingerprint density at radius 1 is 1.30 bits per heavy atom. The minimum atomic E-state index is 0.991. The van der Waals surface area contributed by atoms with Crippen LogP contribution in [-0.4, -0.2) is 24.0 Å². The van der Waals surface area contributed by atoms with Crippen LogP contribution in [0.5, 0.6) is 0 Å². The van der Waals surface area contributed by atoms with Crippen molar-refractivity contribution in [1.82, 2.24) is 4.90 Å². The molecular weight excluding hydrogens is 122 g/mol. The third-order valence-corrected chi connectivity index (χ3v) is 3.27. The van der Waals surface area contributed by atoms with Crippen molar-refractivity contribution < 1.29 is 0 Å². The molecule has 0 aromatic rings. The first-order valence-corrected chi connectivity index (χ1v) is 4.66. The molecule has 1 heteroatoms. The zero-order chi connectivity index (χ0) is 6.97. The fourth-order valence-corrected chi connectivity index (χ4v) is 2.66. The van der Waals surface area contributed by atoms with E-state index in [1.165, 1.54) is 38.8 Å². The molecule has 0 saturated carbocycles. The van der Waals surface area contributed by atoms with Crippen molar-refractivity contribution in [1.29, 1.82) is 0 Å². The normalized spacial score (nSPS) is 40.5. The Bertz CT molecular complexity index is 122. The third-order valence-electron chi connectivity index (χ3n) is 3.27. The molecule has 0 bridgehead atoms. The summed E-state index contributed by atoms with van der Waals surface area (Å²) in [7, 11) is 0. The minimum Gasteiger partial charge on any atom is -0.300 e. The molecule has 2 aliphatic rings. The zero-order valence-corrected chi connectivity index (χ0v) is 6.84. The van der Waals surface area contributed by atoms with Crippen molar-refractivity contribution in [3.8, 4) is 0 Å². The van der Waals surface area contributed by atoms with Gasteiger partial charge in [0.15, 0.2) is 0 Å². The molecule has 0 aromatic carbocycles. The van der Waals surface area contributed by atoms with Gasteiger partial charge in [-0.2, -0.15) is 0 Å². The van der Waals surface area contributed by atoms with E-state index < -0.39 is 0 Å². The topological polar surface area (TPSA) is 3.24 Å². The molecule has 2 saturated heterocycles. The molecule has 10 heavy (non-hydrogen) atoms. The van der Waals surface area contributed by atoms with Crippen LogP contribution in [0.3, 0.4) is 0 Å². The standard InChI is InChI=1S/C9H17N/c1-2-8-5-7-10-6-3-4-9(8)10/h8-9H,2-7H2,1H3. The molecule has 0 amide bonds. The molecule has 2 aliphatic heterocycles. The van der Waals surface area contributed by atoms with Gasteiger partial charge in [-0.15, -0.1) is 0 Å². The van der Waals surface area contributed by atoms with E-state index >= 15 is 0 Å². The lowest BCUT2D eigenvalue weighted by Crippen LogP contribution is -2.25. The molecule has 1 nitrogen and oxygen atoms in total. The Balaban J connectivity index is 2.01. The first kappa shape index (κ1) is 6.66. The van der Waals surface area contributed by atoms with E-state index in [0.29, 0.717) is 0 Å². The van der Waals surface area contributed by atoms with E-state index in [1.807, 2.05) is 0 Å². The summed E-state index contributed by atoms with van der Waals surface area (Å²) in [6.45, 7) is 5.12. The van der Waals surface area contributed by atoms with Crippen molar-refractivity contribution in [2.75, 3.05) is 13.1 Å². The van der Waals surface area contributed by atoms with E-state index in [1.54, 1.807) is 0 Å². The van der Waals surface area contributed by atoms with Gasteiger partial charge in [0.2, 0.25) is 0 Å². The summed E-state index contributed by atoms with van der Waals surface area (Å²) < 4.78 is 0. The van der Waals surface area contributed by atoms with Gasteiger partial charge in [-0.3, -0.25) is 0 Å². The lowest BCUT2D eigenvalue weighted by atomic mass is 9.96. The highest BCUT2D eigenvalue weighted by Crippen LogP contribution is 2.34. The maximum absolute atomic E-state index is 2.69. The average Bonchev–Trinajstić information content (AvgIpc) is 2.44. The van der Waals surface area contributed by atoms with Gasteiger partial charge < -0.3 is 4.90 Å². The molecule has 0 aromatic heterocycles. The van der Waals surface area contributed by atoms with Crippen LogP contribution in [0.1, 0.15) is 32.6 Å². The third kappa shape index (κ3) is 0.878. The van der Waals surface area contributed by atoms with Crippen LogP contribution in [0.15, 0.2) is 0 Å². The van der Waals surface area contributed by atoms with Crippen LogP contribution in [0.25, 0.3) is 0 Å². The fourth-order valence-electron chi connectivity index (χ4n) is 2.66. The van der Waals surface area contributed by atoms with Gasteiger partial charge in [0.25, 0.3) is 0 Å². The molecule has 2 fully saturated rings. The molecule has 0 spiro atoms. The smallest absolute Gasteiger partial charge is 0.0124 e. The summed E-state index contributed by atoms with van der Waals surface area (Å²) in [4.78, 5) is 2.69. The highest BCUT2D eigenvalue weighted by atomic mass is 15.2. The van der Waals surface area contributed by atoms with Crippen LogP contribution in [0, 0.1) is 5.92 Å². The lowest BCUT2D eigenvalue weighted by Gasteiger charge is -2.18. The Morgan fingerprint density at radius 3 is 3.00 bits per heavy atom. The van der Waals surface area contributed by atoms with Crippen LogP contribution in [0.4, 0.5) is 0 Å². The number of fused-ring (bicyclic) bond motifs is 1. The fraction of sp³-hybridized carbons (Fsp3) is 1.00.